The minimum absolute atomic E-state index is 0. The molecule has 278 valence electrons. The number of ether oxygens (including phenoxy) is 5. The number of aldehydes is 1. The lowest BCUT2D eigenvalue weighted by Crippen LogP contribution is -2.28. The summed E-state index contributed by atoms with van der Waals surface area (Å²) in [6.07, 6.45) is 6.25. The van der Waals surface area contributed by atoms with Crippen molar-refractivity contribution in [1.29, 1.82) is 0 Å². The summed E-state index contributed by atoms with van der Waals surface area (Å²) >= 11 is 0. The van der Waals surface area contributed by atoms with E-state index >= 15 is 0 Å². The van der Waals surface area contributed by atoms with Gasteiger partial charge in [0.25, 0.3) is 0 Å². The smallest absolute Gasteiger partial charge is 0.302 e. The Morgan fingerprint density at radius 1 is 0.696 bits per heavy atom. The van der Waals surface area contributed by atoms with Crippen LogP contribution < -0.4 is 25.2 Å². The molecule has 0 aromatic rings. The molecule has 0 heterocycles. The van der Waals surface area contributed by atoms with Crippen LogP contribution in [0.15, 0.2) is 15.3 Å². The lowest BCUT2D eigenvalue weighted by molar-refractivity contribution is -0.143. The number of nitrogens with zero attached hydrogens (tertiary/aromatic N) is 3. The molecule has 0 saturated carbocycles. The topological polar surface area (TPSA) is 360 Å². The van der Waals surface area contributed by atoms with Crippen LogP contribution in [0, 0.1) is 0 Å². The first-order valence-corrected chi connectivity index (χ1v) is 18.8. The van der Waals surface area contributed by atoms with E-state index in [-0.39, 0.29) is 11.4 Å². The SMILES string of the molecule is CCOC(C)=O.COC(/C=N/NS(C)(=O)=O)OC.COC(C=O)OC.CS(=O)(=O)N/N=C/C=N/NS(C)(=O)=O.CS(=O)(=O)NN.O. The van der Waals surface area contributed by atoms with E-state index < -0.39 is 52.7 Å². The Labute approximate surface area is 269 Å². The molecule has 0 aromatic heterocycles. The van der Waals surface area contributed by atoms with E-state index in [0.29, 0.717) is 12.9 Å². The lowest BCUT2D eigenvalue weighted by atomic mass is 10.7. The summed E-state index contributed by atoms with van der Waals surface area (Å²) in [6.45, 7) is 3.65. The first kappa shape index (κ1) is 55.5. The van der Waals surface area contributed by atoms with Crippen molar-refractivity contribution in [2.24, 2.45) is 21.1 Å². The third-order valence-corrected chi connectivity index (χ3v) is 4.41. The van der Waals surface area contributed by atoms with Crippen molar-refractivity contribution in [2.45, 2.75) is 26.4 Å². The van der Waals surface area contributed by atoms with Gasteiger partial charge < -0.3 is 29.2 Å². The Balaban J connectivity index is -0.000000113. The van der Waals surface area contributed by atoms with Crippen molar-refractivity contribution in [1.82, 2.24) is 19.3 Å². The average molecular weight is 759 g/mol. The zero-order valence-electron chi connectivity index (χ0n) is 26.8. The second kappa shape index (κ2) is 32.0. The van der Waals surface area contributed by atoms with Gasteiger partial charge >= 0.3 is 5.97 Å². The van der Waals surface area contributed by atoms with Crippen molar-refractivity contribution in [3.05, 3.63) is 0 Å². The molecule has 0 fully saturated rings. The number of carbonyl (C=O) groups excluding carboxylic acids is 2. The van der Waals surface area contributed by atoms with Crippen LogP contribution in [-0.2, 0) is 73.4 Å². The van der Waals surface area contributed by atoms with E-state index in [0.717, 1.165) is 37.5 Å². The molecule has 0 amide bonds. The summed E-state index contributed by atoms with van der Waals surface area (Å²) in [5.41, 5.74) is 0. The number of nitrogens with two attached hydrogens (primary N) is 1. The largest absolute Gasteiger partial charge is 0.466 e. The van der Waals surface area contributed by atoms with Crippen LogP contribution in [0.1, 0.15) is 13.8 Å². The zero-order chi connectivity index (χ0) is 36.8. The Bertz CT molecular complexity index is 1240. The van der Waals surface area contributed by atoms with Gasteiger partial charge in [-0.2, -0.15) is 20.1 Å². The minimum Gasteiger partial charge on any atom is -0.466 e. The minimum atomic E-state index is -3.39. The molecule has 0 unspecified atom stereocenters. The predicted molar refractivity (Wildman–Crippen MR) is 169 cm³/mol. The van der Waals surface area contributed by atoms with Crippen molar-refractivity contribution < 1.29 is 72.4 Å². The molecular weight excluding hydrogens is 713 g/mol. The summed E-state index contributed by atoms with van der Waals surface area (Å²) < 4.78 is 105. The number of sulfonamides is 4. The number of carbonyl (C=O) groups is 2. The molecule has 8 N–H and O–H groups in total. The van der Waals surface area contributed by atoms with Gasteiger partial charge in [0.15, 0.2) is 12.6 Å². The van der Waals surface area contributed by atoms with Crippen LogP contribution in [0.5, 0.6) is 0 Å². The van der Waals surface area contributed by atoms with E-state index in [1.807, 2.05) is 4.83 Å². The van der Waals surface area contributed by atoms with Crippen LogP contribution in [0.3, 0.4) is 0 Å². The number of nitrogens with one attached hydrogen (secondary N) is 4. The fraction of sp³-hybridized carbons (Fsp3) is 0.722. The standard InChI is InChI=1S/C5H12N2O4S.C4H10N4O4S2.C4H8O3.C4H8O2.CH6N2O2S.H2O/c1-10-5(11-2)4-6-7-12(3,8)9;1-13(9,10)7-5-3-4-6-8-14(2,11)12;1-6-4(3-5)7-2;1-3-6-4(2)5;1-6(4,5)3-2;/h4-5,7H,1-3H3;3-4,7-8H,1-2H3;3-4H,1-2H3;3H2,1-2H3;3H,2H2,1H3;1H2/b6-4+;5-3+,6-4+;;;;. The number of hydrogen-bond donors (Lipinski definition) is 5. The number of rotatable bonds is 15. The molecule has 0 atom stereocenters. The van der Waals surface area contributed by atoms with Gasteiger partial charge in [0.2, 0.25) is 46.4 Å². The third kappa shape index (κ3) is 68.3. The Kier molecular flexibility index (Phi) is 38.6. The molecule has 0 aliphatic carbocycles. The van der Waals surface area contributed by atoms with E-state index in [1.165, 1.54) is 41.6 Å². The molecule has 0 radical (unpaired) electrons. The highest BCUT2D eigenvalue weighted by atomic mass is 32.2. The monoisotopic (exact) mass is 758 g/mol. The van der Waals surface area contributed by atoms with Crippen molar-refractivity contribution >= 4 is 71.0 Å². The third-order valence-electron chi connectivity index (χ3n) is 2.67. The summed E-state index contributed by atoms with van der Waals surface area (Å²) in [5, 5.41) is 9.80. The van der Waals surface area contributed by atoms with Crippen molar-refractivity contribution in [3.8, 4) is 0 Å². The molecule has 0 bridgehead atoms. The average Bonchev–Trinajstić information content (AvgIpc) is 2.89. The van der Waals surface area contributed by atoms with Gasteiger partial charge in [-0.3, -0.25) is 15.4 Å². The molecule has 0 aliphatic rings. The molecular formula is C18H46N8O16S4. The highest BCUT2D eigenvalue weighted by Gasteiger charge is 2.00. The molecule has 0 rings (SSSR count). The van der Waals surface area contributed by atoms with Gasteiger partial charge in [0.05, 0.1) is 50.3 Å². The first-order chi connectivity index (χ1) is 20.4. The van der Waals surface area contributed by atoms with Gasteiger partial charge in [-0.15, -0.1) is 0 Å². The summed E-state index contributed by atoms with van der Waals surface area (Å²) in [5.74, 6) is 4.26. The van der Waals surface area contributed by atoms with E-state index in [4.69, 9.17) is 9.47 Å². The molecule has 0 saturated heterocycles. The van der Waals surface area contributed by atoms with Crippen LogP contribution in [-0.4, -0.2) is 143 Å². The van der Waals surface area contributed by atoms with Crippen molar-refractivity contribution in [2.75, 3.05) is 60.1 Å². The van der Waals surface area contributed by atoms with Crippen LogP contribution in [0.25, 0.3) is 0 Å². The highest BCUT2D eigenvalue weighted by Crippen LogP contribution is 1.85. The number of methoxy groups -OCH3 is 4. The van der Waals surface area contributed by atoms with Crippen molar-refractivity contribution in [3.63, 3.8) is 0 Å². The maximum Gasteiger partial charge on any atom is 0.302 e. The van der Waals surface area contributed by atoms with Gasteiger partial charge in [-0.05, 0) is 6.92 Å². The Morgan fingerprint density at radius 3 is 1.15 bits per heavy atom. The first-order valence-electron chi connectivity index (χ1n) is 11.2. The van der Waals surface area contributed by atoms with Crippen LogP contribution in [0.2, 0.25) is 0 Å². The lowest BCUT2D eigenvalue weighted by Gasteiger charge is -2.05. The predicted octanol–water partition coefficient (Wildman–Crippen LogP) is -4.85. The molecule has 0 aliphatic heterocycles. The van der Waals surface area contributed by atoms with Crippen LogP contribution in [0.4, 0.5) is 0 Å². The Hall–Kier alpha value is -2.93. The quantitative estimate of drug-likeness (QED) is 0.0261. The van der Waals surface area contributed by atoms with Gasteiger partial charge in [0, 0.05) is 35.4 Å². The Morgan fingerprint density at radius 2 is 1.00 bits per heavy atom. The van der Waals surface area contributed by atoms with Gasteiger partial charge in [-0.25, -0.2) is 48.2 Å². The number of hydrazine groups is 1. The number of hydrogen-bond acceptors (Lipinski definition) is 19. The van der Waals surface area contributed by atoms with Crippen LogP contribution >= 0.6 is 0 Å². The maximum absolute atomic E-state index is 10.5. The molecule has 0 spiro atoms. The molecule has 0 aromatic carbocycles. The number of hydrazone groups is 3. The fourth-order valence-corrected chi connectivity index (χ4v) is 1.89. The molecule has 24 nitrogen and oxygen atoms in total. The second-order valence-electron chi connectivity index (χ2n) is 7.06. The van der Waals surface area contributed by atoms with Gasteiger partial charge in [-0.1, -0.05) is 0 Å². The summed E-state index contributed by atoms with van der Waals surface area (Å²) in [6, 6.07) is 0. The van der Waals surface area contributed by atoms with E-state index in [1.54, 1.807) is 21.4 Å². The normalized spacial score (nSPS) is 11.4. The van der Waals surface area contributed by atoms with E-state index in [9.17, 15) is 43.3 Å². The summed E-state index contributed by atoms with van der Waals surface area (Å²) in [4.78, 5) is 26.6. The summed E-state index contributed by atoms with van der Waals surface area (Å²) in [7, 11) is -7.56. The zero-order valence-corrected chi connectivity index (χ0v) is 30.1. The second-order valence-corrected chi connectivity index (χ2v) is 14.0. The van der Waals surface area contributed by atoms with Gasteiger partial charge in [0.1, 0.15) is 0 Å². The maximum atomic E-state index is 10.5. The fourth-order valence-electron chi connectivity index (χ4n) is 1.13. The molecule has 28 heteroatoms. The highest BCUT2D eigenvalue weighted by molar-refractivity contribution is 7.89. The number of esters is 1. The van der Waals surface area contributed by atoms with E-state index in [2.05, 4.69) is 35.4 Å². The molecule has 46 heavy (non-hydrogen) atoms.